The maximum absolute atomic E-state index is 11.4. The lowest BCUT2D eigenvalue weighted by atomic mass is 10.3. The second-order valence-electron chi connectivity index (χ2n) is 7.81. The summed E-state index contributed by atoms with van der Waals surface area (Å²) in [5, 5.41) is 36.4. The van der Waals surface area contributed by atoms with Crippen molar-refractivity contribution in [1.29, 1.82) is 0 Å². The molecular formula is C21H27Cl4N5O8. The molecule has 2 aliphatic rings. The third-order valence-corrected chi connectivity index (χ3v) is 5.70. The molecule has 1 aliphatic heterocycles. The fourth-order valence-electron chi connectivity index (χ4n) is 3.25. The number of carbonyl (C=O) groups is 2. The molecule has 212 valence electrons. The molecule has 4 rings (SSSR count). The molecule has 38 heavy (non-hydrogen) atoms. The molecule has 0 unspecified atom stereocenters. The molecule has 2 fully saturated rings. The van der Waals surface area contributed by atoms with Gasteiger partial charge in [0.1, 0.15) is 11.0 Å². The van der Waals surface area contributed by atoms with E-state index in [4.69, 9.17) is 45.0 Å². The maximum atomic E-state index is 11.4. The molecule has 2 aromatic rings. The highest BCUT2D eigenvalue weighted by atomic mass is 35.5. The van der Waals surface area contributed by atoms with Crippen LogP contribution in [0.1, 0.15) is 40.2 Å². The topological polar surface area (TPSA) is 188 Å². The second-order valence-corrected chi connectivity index (χ2v) is 8.88. The van der Waals surface area contributed by atoms with Gasteiger partial charge in [0.15, 0.2) is 11.4 Å². The van der Waals surface area contributed by atoms with Crippen molar-refractivity contribution in [3.63, 3.8) is 0 Å². The molecule has 0 spiro atoms. The van der Waals surface area contributed by atoms with Gasteiger partial charge in [-0.15, -0.1) is 12.4 Å². The van der Waals surface area contributed by atoms with Crippen LogP contribution in [0, 0.1) is 0 Å². The smallest absolute Gasteiger partial charge is 0.356 e. The lowest BCUT2D eigenvalue weighted by Gasteiger charge is -2.16. The summed E-state index contributed by atoms with van der Waals surface area (Å²) in [6, 6.07) is 2.68. The van der Waals surface area contributed by atoms with Gasteiger partial charge in [0.2, 0.25) is 10.6 Å². The monoisotopic (exact) mass is 617 g/mol. The van der Waals surface area contributed by atoms with Crippen molar-refractivity contribution in [3.8, 4) is 0 Å². The summed E-state index contributed by atoms with van der Waals surface area (Å²) < 4.78 is 8.95. The number of nitrogens with zero attached hydrogens (tertiary/aromatic N) is 5. The van der Waals surface area contributed by atoms with E-state index in [-0.39, 0.29) is 52.6 Å². The van der Waals surface area contributed by atoms with Crippen molar-refractivity contribution in [2.24, 2.45) is 0 Å². The summed E-state index contributed by atoms with van der Waals surface area (Å²) in [6.07, 6.45) is -0.0226. The summed E-state index contributed by atoms with van der Waals surface area (Å²) in [4.78, 5) is 38.7. The standard InChI is InChI=1S/C10H12ClN3O4.C6H4Cl2N2O2.C5H10O2.ClH/c1-18-9(17)5-2-8(13-10(11)12-5)14-3-6(15)7(16)4-14;1-12-5(11)3-2-4(7)10-6(8)9-3;6-4-2-1-3-5(4)7;/h2,6-7,15-16H,3-4H2,1H3;2H,1H3;4-7H,1-3H2;1H/t6-,7-;;4-,5-;/m0.0./s1. The zero-order chi connectivity index (χ0) is 27.7. The van der Waals surface area contributed by atoms with Gasteiger partial charge < -0.3 is 34.8 Å². The highest BCUT2D eigenvalue weighted by Crippen LogP contribution is 2.21. The minimum absolute atomic E-state index is 0. The first kappa shape index (κ1) is 33.9. The summed E-state index contributed by atoms with van der Waals surface area (Å²) in [6.45, 7) is 0.435. The minimum Gasteiger partial charge on any atom is -0.464 e. The van der Waals surface area contributed by atoms with Crippen LogP contribution < -0.4 is 4.90 Å². The molecule has 17 heteroatoms. The molecule has 0 bridgehead atoms. The predicted octanol–water partition coefficient (Wildman–Crippen LogP) is 1.34. The van der Waals surface area contributed by atoms with Gasteiger partial charge in [0.05, 0.1) is 38.6 Å². The van der Waals surface area contributed by atoms with Crippen LogP contribution in [-0.4, -0.2) is 104 Å². The number of aliphatic hydroxyl groups is 4. The minimum atomic E-state index is -0.847. The first-order valence-corrected chi connectivity index (χ1v) is 12.0. The predicted molar refractivity (Wildman–Crippen MR) is 139 cm³/mol. The Morgan fingerprint density at radius 3 is 1.63 bits per heavy atom. The zero-order valence-electron chi connectivity index (χ0n) is 20.2. The Morgan fingerprint density at radius 1 is 0.789 bits per heavy atom. The van der Waals surface area contributed by atoms with Gasteiger partial charge in [-0.2, -0.15) is 0 Å². The maximum Gasteiger partial charge on any atom is 0.356 e. The second kappa shape index (κ2) is 16.1. The van der Waals surface area contributed by atoms with Gasteiger partial charge >= 0.3 is 11.9 Å². The number of halogens is 4. The molecule has 1 saturated carbocycles. The molecule has 3 heterocycles. The van der Waals surface area contributed by atoms with E-state index in [0.29, 0.717) is 5.82 Å². The van der Waals surface area contributed by atoms with Crippen molar-refractivity contribution in [1.82, 2.24) is 19.9 Å². The third-order valence-electron chi connectivity index (χ3n) is 5.17. The third kappa shape index (κ3) is 10.2. The lowest BCUT2D eigenvalue weighted by molar-refractivity contribution is 0.0438. The molecule has 13 nitrogen and oxygen atoms in total. The fraction of sp³-hybridized carbons (Fsp3) is 0.524. The van der Waals surface area contributed by atoms with Crippen LogP contribution in [0.5, 0.6) is 0 Å². The van der Waals surface area contributed by atoms with E-state index in [0.717, 1.165) is 19.3 Å². The summed E-state index contributed by atoms with van der Waals surface area (Å²) in [5.41, 5.74) is 0.0749. The Morgan fingerprint density at radius 2 is 1.24 bits per heavy atom. The van der Waals surface area contributed by atoms with Crippen molar-refractivity contribution < 1.29 is 39.5 Å². The normalized spacial score (nSPS) is 21.8. The highest BCUT2D eigenvalue weighted by Gasteiger charge is 2.31. The molecular weight excluding hydrogens is 592 g/mol. The van der Waals surface area contributed by atoms with Crippen LogP contribution in [0.3, 0.4) is 0 Å². The van der Waals surface area contributed by atoms with Crippen LogP contribution in [0.15, 0.2) is 12.1 Å². The quantitative estimate of drug-likeness (QED) is 0.219. The van der Waals surface area contributed by atoms with E-state index < -0.39 is 36.4 Å². The largest absolute Gasteiger partial charge is 0.464 e. The fourth-order valence-corrected chi connectivity index (χ4v) is 3.84. The molecule has 0 amide bonds. The van der Waals surface area contributed by atoms with Gasteiger partial charge in [-0.05, 0) is 42.5 Å². The number of ether oxygens (including phenoxy) is 2. The van der Waals surface area contributed by atoms with Gasteiger partial charge in [0.25, 0.3) is 0 Å². The average molecular weight is 619 g/mol. The number of hydrogen-bond donors (Lipinski definition) is 4. The molecule has 4 N–H and O–H groups in total. The van der Waals surface area contributed by atoms with Crippen molar-refractivity contribution in [3.05, 3.63) is 39.2 Å². The first-order chi connectivity index (χ1) is 17.4. The average Bonchev–Trinajstić information content (AvgIpc) is 3.40. The molecule has 2 aromatic heterocycles. The summed E-state index contributed by atoms with van der Waals surface area (Å²) in [5.74, 6) is -0.854. The van der Waals surface area contributed by atoms with Gasteiger partial charge in [-0.1, -0.05) is 11.6 Å². The summed E-state index contributed by atoms with van der Waals surface area (Å²) >= 11 is 16.7. The number of carbonyl (C=O) groups excluding carboxylic acids is 2. The number of aliphatic hydroxyl groups excluding tert-OH is 4. The highest BCUT2D eigenvalue weighted by molar-refractivity contribution is 6.32. The molecule has 4 atom stereocenters. The summed E-state index contributed by atoms with van der Waals surface area (Å²) in [7, 11) is 2.48. The number of hydrogen-bond acceptors (Lipinski definition) is 13. The molecule has 1 saturated heterocycles. The SMILES string of the molecule is COC(=O)c1cc(Cl)nc(Cl)n1.COC(=O)c1cc(N2C[C@H](O)[C@@H](O)C2)nc(Cl)n1.Cl.O[C@H]1CCC[C@@H]1O. The van der Waals surface area contributed by atoms with E-state index in [1.165, 1.54) is 26.4 Å². The number of anilines is 1. The Kier molecular flexibility index (Phi) is 14.4. The van der Waals surface area contributed by atoms with Gasteiger partial charge in [-0.25, -0.2) is 29.5 Å². The number of esters is 2. The lowest BCUT2D eigenvalue weighted by Crippen LogP contribution is -2.23. The Labute approximate surface area is 239 Å². The Bertz CT molecular complexity index is 1050. The van der Waals surface area contributed by atoms with Crippen molar-refractivity contribution in [2.45, 2.75) is 43.7 Å². The van der Waals surface area contributed by atoms with Crippen molar-refractivity contribution in [2.75, 3.05) is 32.2 Å². The van der Waals surface area contributed by atoms with E-state index in [9.17, 15) is 19.8 Å². The Balaban J connectivity index is 0.000000311. The van der Waals surface area contributed by atoms with Crippen molar-refractivity contribution >= 4 is 65.0 Å². The van der Waals surface area contributed by atoms with E-state index >= 15 is 0 Å². The number of aromatic nitrogens is 4. The van der Waals surface area contributed by atoms with E-state index in [2.05, 4.69) is 29.4 Å². The Hall–Kier alpha value is -2.10. The zero-order valence-corrected chi connectivity index (χ0v) is 23.3. The van der Waals surface area contributed by atoms with Crippen LogP contribution >= 0.6 is 47.2 Å². The molecule has 0 aromatic carbocycles. The molecule has 1 aliphatic carbocycles. The van der Waals surface area contributed by atoms with Crippen LogP contribution in [0.2, 0.25) is 15.7 Å². The van der Waals surface area contributed by atoms with Gasteiger partial charge in [-0.3, -0.25) is 0 Å². The number of β-amino-alcohol motifs (C(OH)–C–C–N with tert-alkyl or cyclic N) is 2. The number of methoxy groups -OCH3 is 2. The first-order valence-electron chi connectivity index (χ1n) is 10.8. The van der Waals surface area contributed by atoms with Gasteiger partial charge in [0, 0.05) is 25.2 Å². The van der Waals surface area contributed by atoms with E-state index in [1.54, 1.807) is 4.90 Å². The number of rotatable bonds is 3. The molecule has 0 radical (unpaired) electrons. The van der Waals surface area contributed by atoms with Crippen LogP contribution in [-0.2, 0) is 9.47 Å². The van der Waals surface area contributed by atoms with Crippen LogP contribution in [0.25, 0.3) is 0 Å². The van der Waals surface area contributed by atoms with Crippen LogP contribution in [0.4, 0.5) is 5.82 Å². The van der Waals surface area contributed by atoms with E-state index in [1.807, 2.05) is 0 Å².